The molecule has 1 fully saturated rings. The van der Waals surface area contributed by atoms with Crippen molar-refractivity contribution in [3.05, 3.63) is 48.3 Å². The highest BCUT2D eigenvalue weighted by Crippen LogP contribution is 2.34. The van der Waals surface area contributed by atoms with E-state index in [-0.39, 0.29) is 18.4 Å². The number of aryl methyl sites for hydroxylation is 1. The van der Waals surface area contributed by atoms with Crippen LogP contribution in [-0.2, 0) is 11.9 Å². The molecule has 0 spiro atoms. The molecule has 1 unspecified atom stereocenters. The van der Waals surface area contributed by atoms with Gasteiger partial charge in [0, 0.05) is 41.0 Å². The number of hydrogen-bond acceptors (Lipinski definition) is 7. The van der Waals surface area contributed by atoms with Crippen molar-refractivity contribution in [1.82, 2.24) is 24.6 Å². The van der Waals surface area contributed by atoms with E-state index in [2.05, 4.69) is 15.1 Å². The van der Waals surface area contributed by atoms with Gasteiger partial charge >= 0.3 is 12.7 Å². The van der Waals surface area contributed by atoms with E-state index in [9.17, 15) is 10.0 Å². The Kier molecular flexibility index (Phi) is 3.37. The van der Waals surface area contributed by atoms with Crippen LogP contribution in [0.4, 0.5) is 5.69 Å². The zero-order chi connectivity index (χ0) is 19.5. The van der Waals surface area contributed by atoms with Gasteiger partial charge in [-0.3, -0.25) is 9.48 Å². The van der Waals surface area contributed by atoms with Crippen LogP contribution in [0.25, 0.3) is 21.8 Å². The van der Waals surface area contributed by atoms with Crippen molar-refractivity contribution in [2.45, 2.75) is 0 Å². The summed E-state index contributed by atoms with van der Waals surface area (Å²) in [6.45, 7) is 0.191. The lowest BCUT2D eigenvalue weighted by atomic mass is 10.1. The predicted octanol–water partition coefficient (Wildman–Crippen LogP) is 2.01. The predicted molar refractivity (Wildman–Crippen MR) is 98.4 cm³/mol. The van der Waals surface area contributed by atoms with Gasteiger partial charge in [0.05, 0.1) is 5.52 Å². The summed E-state index contributed by atoms with van der Waals surface area (Å²) in [5.74, 6) is -0.153. The average molecular weight is 379 g/mol. The third kappa shape index (κ3) is 2.55. The number of benzene rings is 2. The number of quaternary nitrogens is 1. The van der Waals surface area contributed by atoms with Crippen molar-refractivity contribution in [2.75, 3.05) is 6.73 Å². The average Bonchev–Trinajstić information content (AvgIpc) is 3.34. The molecule has 4 aromatic rings. The normalized spacial score (nSPS) is 18.5. The smallest absolute Gasteiger partial charge is 0.322 e. The van der Waals surface area contributed by atoms with Crippen LogP contribution in [0.5, 0.6) is 11.8 Å². The zero-order valence-corrected chi connectivity index (χ0v) is 14.7. The first-order chi connectivity index (χ1) is 13.4. The maximum absolute atomic E-state index is 11.6. The lowest BCUT2D eigenvalue weighted by Gasteiger charge is -2.07. The van der Waals surface area contributed by atoms with Crippen molar-refractivity contribution in [3.63, 3.8) is 0 Å². The van der Waals surface area contributed by atoms with Gasteiger partial charge in [0.15, 0.2) is 5.69 Å². The van der Waals surface area contributed by atoms with E-state index in [1.54, 1.807) is 54.3 Å². The Morgan fingerprint density at radius 2 is 2.18 bits per heavy atom. The molecule has 1 amide bonds. The SMILES string of the molecule is Cn1nc(C(N)=O)c2ccc3cnc(Oc4cccc([N+]5(O)CO5)c4)nc3c21. The molecule has 0 saturated carbocycles. The van der Waals surface area contributed by atoms with Gasteiger partial charge in [0.1, 0.15) is 11.3 Å². The summed E-state index contributed by atoms with van der Waals surface area (Å²) in [5.41, 5.74) is 7.38. The highest BCUT2D eigenvalue weighted by Gasteiger charge is 2.49. The Hall–Kier alpha value is -3.60. The van der Waals surface area contributed by atoms with Crippen LogP contribution in [-0.4, -0.2) is 37.6 Å². The lowest BCUT2D eigenvalue weighted by Crippen LogP contribution is -2.18. The van der Waals surface area contributed by atoms with E-state index in [0.29, 0.717) is 27.9 Å². The van der Waals surface area contributed by atoms with E-state index in [1.165, 1.54) is 0 Å². The molecule has 3 N–H and O–H groups in total. The van der Waals surface area contributed by atoms with Crippen LogP contribution >= 0.6 is 0 Å². The van der Waals surface area contributed by atoms with E-state index in [1.807, 2.05) is 0 Å². The van der Waals surface area contributed by atoms with Gasteiger partial charge in [-0.2, -0.15) is 15.3 Å². The highest BCUT2D eigenvalue weighted by atomic mass is 17.1. The van der Waals surface area contributed by atoms with Crippen molar-refractivity contribution in [2.24, 2.45) is 12.8 Å². The summed E-state index contributed by atoms with van der Waals surface area (Å²) in [6, 6.07) is 10.5. The topological polar surface area (TPSA) is 129 Å². The maximum atomic E-state index is 11.6. The number of carbonyl (C=O) groups is 1. The molecule has 1 aliphatic rings. The number of nitrogens with zero attached hydrogens (tertiary/aromatic N) is 5. The number of hydroxylamine groups is 2. The Morgan fingerprint density at radius 3 is 2.93 bits per heavy atom. The molecule has 0 aliphatic carbocycles. The number of carbonyl (C=O) groups excluding carboxylic acids is 1. The van der Waals surface area contributed by atoms with Gasteiger partial charge in [-0.05, 0) is 12.1 Å². The Morgan fingerprint density at radius 1 is 1.36 bits per heavy atom. The molecule has 10 heteroatoms. The molecule has 0 bridgehead atoms. The fourth-order valence-electron chi connectivity index (χ4n) is 3.14. The standard InChI is InChI=1S/C18H14N6O4/c1-23-16-13(15(22-23)17(19)25)6-5-10-8-20-18(21-14(10)16)28-12-4-2-3-11(7-12)24(26)9-27-24/h2-8,26H,9H2,1H3,(H-,19,25)/p+1. The molecule has 5 rings (SSSR count). The molecular weight excluding hydrogens is 364 g/mol. The molecule has 2 aromatic heterocycles. The molecule has 10 nitrogen and oxygen atoms in total. The molecule has 140 valence electrons. The van der Waals surface area contributed by atoms with Crippen LogP contribution in [0.15, 0.2) is 42.6 Å². The van der Waals surface area contributed by atoms with Gasteiger partial charge in [-0.1, -0.05) is 17.0 Å². The molecule has 0 radical (unpaired) electrons. The first-order valence-corrected chi connectivity index (χ1v) is 8.41. The minimum Gasteiger partial charge on any atom is -0.424 e. The largest absolute Gasteiger partial charge is 0.424 e. The summed E-state index contributed by atoms with van der Waals surface area (Å²) in [5, 5.41) is 15.6. The van der Waals surface area contributed by atoms with Crippen LogP contribution in [0.2, 0.25) is 0 Å². The number of primary amides is 1. The third-order valence-corrected chi connectivity index (χ3v) is 4.57. The minimum absolute atomic E-state index is 0.121. The van der Waals surface area contributed by atoms with Crippen molar-refractivity contribution >= 4 is 33.4 Å². The Balaban J connectivity index is 1.59. The number of aromatic nitrogens is 4. The van der Waals surface area contributed by atoms with Crippen LogP contribution in [0.1, 0.15) is 10.5 Å². The number of amides is 1. The second kappa shape index (κ2) is 5.70. The van der Waals surface area contributed by atoms with E-state index in [0.717, 1.165) is 5.39 Å². The fourth-order valence-corrected chi connectivity index (χ4v) is 3.14. The van der Waals surface area contributed by atoms with E-state index >= 15 is 0 Å². The van der Waals surface area contributed by atoms with Gasteiger partial charge in [-0.15, -0.1) is 0 Å². The third-order valence-electron chi connectivity index (χ3n) is 4.57. The number of fused-ring (bicyclic) bond motifs is 3. The number of hydrogen-bond donors (Lipinski definition) is 2. The molecule has 1 saturated heterocycles. The summed E-state index contributed by atoms with van der Waals surface area (Å²) in [6.07, 6.45) is 1.63. The number of nitrogens with two attached hydrogens (primary N) is 1. The molecule has 3 heterocycles. The van der Waals surface area contributed by atoms with E-state index in [4.69, 9.17) is 15.3 Å². The van der Waals surface area contributed by atoms with Gasteiger partial charge in [0.2, 0.25) is 5.69 Å². The molecule has 1 aliphatic heterocycles. The molecule has 1 atom stereocenters. The summed E-state index contributed by atoms with van der Waals surface area (Å²) in [7, 11) is 1.72. The fraction of sp³-hybridized carbons (Fsp3) is 0.111. The minimum atomic E-state index is -0.606. The van der Waals surface area contributed by atoms with Crippen LogP contribution < -0.4 is 15.3 Å². The quantitative estimate of drug-likeness (QED) is 0.410. The monoisotopic (exact) mass is 379 g/mol. The second-order valence-corrected chi connectivity index (χ2v) is 6.45. The van der Waals surface area contributed by atoms with Gasteiger partial charge < -0.3 is 10.5 Å². The van der Waals surface area contributed by atoms with Gasteiger partial charge in [-0.25, -0.2) is 4.98 Å². The molecule has 2 aromatic carbocycles. The second-order valence-electron chi connectivity index (χ2n) is 6.45. The van der Waals surface area contributed by atoms with Crippen molar-refractivity contribution < 1.29 is 19.6 Å². The summed E-state index contributed by atoms with van der Waals surface area (Å²) in [4.78, 5) is 24.8. The van der Waals surface area contributed by atoms with Crippen LogP contribution in [0.3, 0.4) is 0 Å². The molecule has 28 heavy (non-hydrogen) atoms. The van der Waals surface area contributed by atoms with Gasteiger partial charge in [0.25, 0.3) is 5.91 Å². The highest BCUT2D eigenvalue weighted by molar-refractivity contribution is 6.11. The maximum Gasteiger partial charge on any atom is 0.322 e. The zero-order valence-electron chi connectivity index (χ0n) is 14.7. The summed E-state index contributed by atoms with van der Waals surface area (Å²) >= 11 is 0. The van der Waals surface area contributed by atoms with E-state index < -0.39 is 10.7 Å². The van der Waals surface area contributed by atoms with Crippen LogP contribution in [0, 0.1) is 0 Å². The first kappa shape index (κ1) is 16.6. The number of ether oxygens (including phenoxy) is 1. The number of rotatable bonds is 4. The Labute approximate surface area is 157 Å². The summed E-state index contributed by atoms with van der Waals surface area (Å²) < 4.78 is 7.34. The lowest BCUT2D eigenvalue weighted by molar-refractivity contribution is -0.0890. The van der Waals surface area contributed by atoms with Crippen molar-refractivity contribution in [3.8, 4) is 11.8 Å². The van der Waals surface area contributed by atoms with Crippen molar-refractivity contribution in [1.29, 1.82) is 0 Å². The Bertz CT molecular complexity index is 1260. The first-order valence-electron chi connectivity index (χ1n) is 8.41. The molecular formula is C18H15N6O4+.